The summed E-state index contributed by atoms with van der Waals surface area (Å²) in [4.78, 5) is 12.1. The molecular formula is C13H20ClN3O3S. The SMILES string of the molecule is CC(C)[C@H](NS(=O)(=O)c1cccc(Cl)c1)C(=O)NN(C)C. The molecule has 0 spiro atoms. The van der Waals surface area contributed by atoms with Gasteiger partial charge in [0.25, 0.3) is 5.91 Å². The number of rotatable bonds is 6. The van der Waals surface area contributed by atoms with E-state index >= 15 is 0 Å². The van der Waals surface area contributed by atoms with Crippen molar-refractivity contribution in [3.8, 4) is 0 Å². The third-order valence-corrected chi connectivity index (χ3v) is 4.35. The topological polar surface area (TPSA) is 78.5 Å². The zero-order chi connectivity index (χ0) is 16.2. The van der Waals surface area contributed by atoms with Crippen molar-refractivity contribution < 1.29 is 13.2 Å². The fourth-order valence-corrected chi connectivity index (χ4v) is 3.30. The van der Waals surface area contributed by atoms with Crippen LogP contribution in [0.4, 0.5) is 0 Å². The van der Waals surface area contributed by atoms with E-state index in [1.54, 1.807) is 40.1 Å². The largest absolute Gasteiger partial charge is 0.288 e. The molecule has 118 valence electrons. The highest BCUT2D eigenvalue weighted by Crippen LogP contribution is 2.16. The highest BCUT2D eigenvalue weighted by Gasteiger charge is 2.28. The lowest BCUT2D eigenvalue weighted by molar-refractivity contribution is -0.127. The third-order valence-electron chi connectivity index (χ3n) is 2.67. The van der Waals surface area contributed by atoms with Gasteiger partial charge in [-0.3, -0.25) is 10.2 Å². The number of nitrogens with one attached hydrogen (secondary N) is 2. The Hall–Kier alpha value is -1.15. The first-order valence-electron chi connectivity index (χ1n) is 6.39. The molecule has 8 heteroatoms. The maximum atomic E-state index is 12.3. The van der Waals surface area contributed by atoms with Crippen LogP contribution in [0.15, 0.2) is 29.2 Å². The number of nitrogens with zero attached hydrogens (tertiary/aromatic N) is 1. The molecule has 21 heavy (non-hydrogen) atoms. The van der Waals surface area contributed by atoms with E-state index < -0.39 is 22.0 Å². The van der Waals surface area contributed by atoms with Crippen molar-refractivity contribution in [1.29, 1.82) is 0 Å². The molecule has 1 aromatic rings. The zero-order valence-electron chi connectivity index (χ0n) is 12.4. The van der Waals surface area contributed by atoms with Gasteiger partial charge in [0.15, 0.2) is 0 Å². The van der Waals surface area contributed by atoms with Gasteiger partial charge in [0.05, 0.1) is 4.90 Å². The van der Waals surface area contributed by atoms with Crippen LogP contribution in [0.25, 0.3) is 0 Å². The van der Waals surface area contributed by atoms with Gasteiger partial charge in [-0.1, -0.05) is 31.5 Å². The number of amides is 1. The minimum absolute atomic E-state index is 0.0262. The second kappa shape index (κ2) is 7.22. The summed E-state index contributed by atoms with van der Waals surface area (Å²) < 4.78 is 27.1. The molecule has 0 aliphatic carbocycles. The van der Waals surface area contributed by atoms with Crippen molar-refractivity contribution in [3.63, 3.8) is 0 Å². The standard InChI is InChI=1S/C13H20ClN3O3S/c1-9(2)12(13(18)15-17(3)4)16-21(19,20)11-7-5-6-10(14)8-11/h5-9,12,16H,1-4H3,(H,15,18)/t12-/m0/s1. The molecule has 0 unspecified atom stereocenters. The molecule has 0 radical (unpaired) electrons. The average molecular weight is 334 g/mol. The van der Waals surface area contributed by atoms with Gasteiger partial charge in [0.1, 0.15) is 6.04 Å². The first kappa shape index (κ1) is 17.9. The van der Waals surface area contributed by atoms with Gasteiger partial charge >= 0.3 is 0 Å². The second-order valence-corrected chi connectivity index (χ2v) is 7.32. The summed E-state index contributed by atoms with van der Waals surface area (Å²) in [5, 5.41) is 1.78. The van der Waals surface area contributed by atoms with Crippen molar-refractivity contribution in [2.75, 3.05) is 14.1 Å². The summed E-state index contributed by atoms with van der Waals surface area (Å²) in [6, 6.07) is 5.01. The van der Waals surface area contributed by atoms with Crippen LogP contribution < -0.4 is 10.1 Å². The molecule has 2 N–H and O–H groups in total. The summed E-state index contributed by atoms with van der Waals surface area (Å²) >= 11 is 5.80. The highest BCUT2D eigenvalue weighted by atomic mass is 35.5. The number of carbonyl (C=O) groups is 1. The molecule has 0 aliphatic rings. The molecule has 0 heterocycles. The molecule has 1 atom stereocenters. The maximum absolute atomic E-state index is 12.3. The van der Waals surface area contributed by atoms with E-state index in [9.17, 15) is 13.2 Å². The number of hydrogen-bond acceptors (Lipinski definition) is 4. The average Bonchev–Trinajstić information content (AvgIpc) is 2.34. The van der Waals surface area contributed by atoms with E-state index in [1.807, 2.05) is 0 Å². The molecule has 0 aliphatic heterocycles. The Morgan fingerprint density at radius 1 is 1.29 bits per heavy atom. The van der Waals surface area contributed by atoms with Gasteiger partial charge in [-0.05, 0) is 24.1 Å². The van der Waals surface area contributed by atoms with Crippen molar-refractivity contribution >= 4 is 27.5 Å². The minimum atomic E-state index is -3.82. The lowest BCUT2D eigenvalue weighted by atomic mass is 10.1. The molecule has 0 saturated heterocycles. The Balaban J connectivity index is 3.00. The monoisotopic (exact) mass is 333 g/mol. The molecule has 1 rings (SSSR count). The number of carbonyl (C=O) groups excluding carboxylic acids is 1. The Bertz CT molecular complexity index is 602. The maximum Gasteiger partial charge on any atom is 0.252 e. The van der Waals surface area contributed by atoms with Crippen LogP contribution in [0, 0.1) is 5.92 Å². The number of hydrazine groups is 1. The smallest absolute Gasteiger partial charge is 0.252 e. The zero-order valence-corrected chi connectivity index (χ0v) is 14.0. The Kier molecular flexibility index (Phi) is 6.15. The van der Waals surface area contributed by atoms with Gasteiger partial charge in [-0.25, -0.2) is 13.4 Å². The van der Waals surface area contributed by atoms with E-state index in [0.29, 0.717) is 5.02 Å². The van der Waals surface area contributed by atoms with Crippen molar-refractivity contribution in [1.82, 2.24) is 15.2 Å². The van der Waals surface area contributed by atoms with Gasteiger partial charge in [-0.2, -0.15) is 4.72 Å². The third kappa shape index (κ3) is 5.28. The number of halogens is 1. The Morgan fingerprint density at radius 3 is 2.38 bits per heavy atom. The molecule has 6 nitrogen and oxygen atoms in total. The predicted octanol–water partition coefficient (Wildman–Crippen LogP) is 1.24. The summed E-state index contributed by atoms with van der Waals surface area (Å²) in [6.07, 6.45) is 0. The molecule has 0 fully saturated rings. The summed E-state index contributed by atoms with van der Waals surface area (Å²) in [5.41, 5.74) is 2.55. The van der Waals surface area contributed by atoms with Crippen molar-refractivity contribution in [3.05, 3.63) is 29.3 Å². The minimum Gasteiger partial charge on any atom is -0.288 e. The summed E-state index contributed by atoms with van der Waals surface area (Å²) in [6.45, 7) is 3.53. The van der Waals surface area contributed by atoms with Crippen LogP contribution in [0.3, 0.4) is 0 Å². The quantitative estimate of drug-likeness (QED) is 0.768. The molecule has 0 saturated carbocycles. The summed E-state index contributed by atoms with van der Waals surface area (Å²) in [5.74, 6) is -0.625. The van der Waals surface area contributed by atoms with E-state index in [0.717, 1.165) is 0 Å². The predicted molar refractivity (Wildman–Crippen MR) is 82.2 cm³/mol. The number of sulfonamides is 1. The first-order valence-corrected chi connectivity index (χ1v) is 8.25. The van der Waals surface area contributed by atoms with Crippen molar-refractivity contribution in [2.24, 2.45) is 5.92 Å². The van der Waals surface area contributed by atoms with E-state index in [-0.39, 0.29) is 10.8 Å². The van der Waals surface area contributed by atoms with Crippen LogP contribution in [0.1, 0.15) is 13.8 Å². The van der Waals surface area contributed by atoms with Crippen molar-refractivity contribution in [2.45, 2.75) is 24.8 Å². The second-order valence-electron chi connectivity index (χ2n) is 5.17. The van der Waals surface area contributed by atoms with E-state index in [1.165, 1.54) is 17.1 Å². The van der Waals surface area contributed by atoms with Crippen LogP contribution in [0.2, 0.25) is 5.02 Å². The van der Waals surface area contributed by atoms with Crippen LogP contribution >= 0.6 is 11.6 Å². The van der Waals surface area contributed by atoms with Gasteiger partial charge in [0, 0.05) is 19.1 Å². The van der Waals surface area contributed by atoms with Gasteiger partial charge in [-0.15, -0.1) is 0 Å². The van der Waals surface area contributed by atoms with Gasteiger partial charge in [0.2, 0.25) is 10.0 Å². The molecule has 0 bridgehead atoms. The number of benzene rings is 1. The Labute approximate surface area is 130 Å². The van der Waals surface area contributed by atoms with Crippen LogP contribution in [0.5, 0.6) is 0 Å². The Morgan fingerprint density at radius 2 is 1.90 bits per heavy atom. The lowest BCUT2D eigenvalue weighted by Crippen LogP contribution is -2.52. The molecule has 0 aromatic heterocycles. The summed E-state index contributed by atoms with van der Waals surface area (Å²) in [7, 11) is -0.515. The van der Waals surface area contributed by atoms with E-state index in [2.05, 4.69) is 10.1 Å². The highest BCUT2D eigenvalue weighted by molar-refractivity contribution is 7.89. The van der Waals surface area contributed by atoms with Gasteiger partial charge < -0.3 is 0 Å². The normalized spacial score (nSPS) is 13.5. The first-order chi connectivity index (χ1) is 9.63. The molecule has 1 aromatic carbocycles. The molecular weight excluding hydrogens is 314 g/mol. The van der Waals surface area contributed by atoms with Crippen LogP contribution in [-0.2, 0) is 14.8 Å². The molecule has 1 amide bonds. The fraction of sp³-hybridized carbons (Fsp3) is 0.462. The number of hydrogen-bond donors (Lipinski definition) is 2. The lowest BCUT2D eigenvalue weighted by Gasteiger charge is -2.23. The van der Waals surface area contributed by atoms with E-state index in [4.69, 9.17) is 11.6 Å². The fourth-order valence-electron chi connectivity index (χ4n) is 1.65. The van der Waals surface area contributed by atoms with Crippen LogP contribution in [-0.4, -0.2) is 39.5 Å².